The van der Waals surface area contributed by atoms with Crippen molar-refractivity contribution < 1.29 is 18.1 Å². The van der Waals surface area contributed by atoms with E-state index in [-0.39, 0.29) is 11.4 Å². The SMILES string of the molecule is Cc1ccc([N+](=O)[O-])cc1N=C(Cl)C(F)(F)F. The Labute approximate surface area is 98.9 Å². The minimum absolute atomic E-state index is 0.179. The summed E-state index contributed by atoms with van der Waals surface area (Å²) in [4.78, 5) is 12.9. The van der Waals surface area contributed by atoms with Gasteiger partial charge in [0.05, 0.1) is 10.6 Å². The first-order chi connectivity index (χ1) is 7.71. The largest absolute Gasteiger partial charge is 0.444 e. The maximum absolute atomic E-state index is 12.1. The molecule has 17 heavy (non-hydrogen) atoms. The van der Waals surface area contributed by atoms with Gasteiger partial charge in [0.25, 0.3) is 5.69 Å². The fourth-order valence-electron chi connectivity index (χ4n) is 1.00. The van der Waals surface area contributed by atoms with Crippen LogP contribution < -0.4 is 0 Å². The lowest BCUT2D eigenvalue weighted by molar-refractivity contribution is -0.384. The minimum atomic E-state index is -4.77. The number of hydrogen-bond donors (Lipinski definition) is 0. The van der Waals surface area contributed by atoms with Crippen LogP contribution in [0.3, 0.4) is 0 Å². The van der Waals surface area contributed by atoms with Crippen molar-refractivity contribution in [1.82, 2.24) is 0 Å². The molecule has 0 aromatic heterocycles. The molecule has 0 saturated heterocycles. The Kier molecular flexibility index (Phi) is 3.72. The molecular weight excluding hydrogens is 261 g/mol. The van der Waals surface area contributed by atoms with Gasteiger partial charge < -0.3 is 0 Å². The van der Waals surface area contributed by atoms with Gasteiger partial charge in [0.15, 0.2) is 0 Å². The van der Waals surface area contributed by atoms with E-state index in [1.165, 1.54) is 19.1 Å². The van der Waals surface area contributed by atoms with Crippen LogP contribution in [0.25, 0.3) is 0 Å². The lowest BCUT2D eigenvalue weighted by atomic mass is 10.2. The summed E-state index contributed by atoms with van der Waals surface area (Å²) in [6, 6.07) is 3.41. The van der Waals surface area contributed by atoms with Crippen molar-refractivity contribution in [2.75, 3.05) is 0 Å². The van der Waals surface area contributed by atoms with Crippen LogP contribution in [-0.4, -0.2) is 16.3 Å². The van der Waals surface area contributed by atoms with Gasteiger partial charge in [0.2, 0.25) is 5.17 Å². The van der Waals surface area contributed by atoms with Gasteiger partial charge in [-0.15, -0.1) is 0 Å². The Morgan fingerprint density at radius 1 is 1.47 bits per heavy atom. The van der Waals surface area contributed by atoms with Crippen LogP contribution in [0.4, 0.5) is 24.5 Å². The zero-order valence-electron chi connectivity index (χ0n) is 8.45. The van der Waals surface area contributed by atoms with Crippen LogP contribution in [0, 0.1) is 17.0 Å². The molecule has 0 aliphatic carbocycles. The minimum Gasteiger partial charge on any atom is -0.258 e. The van der Waals surface area contributed by atoms with E-state index in [1.54, 1.807) is 0 Å². The smallest absolute Gasteiger partial charge is 0.258 e. The van der Waals surface area contributed by atoms with Crippen LogP contribution in [0.2, 0.25) is 0 Å². The number of nitro groups is 1. The first-order valence-electron chi connectivity index (χ1n) is 4.28. The molecule has 0 atom stereocenters. The number of alkyl halides is 3. The number of non-ortho nitro benzene ring substituents is 1. The second-order valence-electron chi connectivity index (χ2n) is 3.13. The number of rotatable bonds is 2. The topological polar surface area (TPSA) is 55.5 Å². The maximum Gasteiger partial charge on any atom is 0.444 e. The zero-order chi connectivity index (χ0) is 13.2. The van der Waals surface area contributed by atoms with Gasteiger partial charge in [-0.3, -0.25) is 10.1 Å². The molecule has 1 aromatic carbocycles. The predicted octanol–water partition coefficient (Wildman–Crippen LogP) is 3.73. The number of aliphatic imine (C=N–C) groups is 1. The Morgan fingerprint density at radius 2 is 2.06 bits per heavy atom. The molecule has 0 N–H and O–H groups in total. The third-order valence-electron chi connectivity index (χ3n) is 1.86. The van der Waals surface area contributed by atoms with Crippen molar-refractivity contribution in [2.24, 2.45) is 4.99 Å². The highest BCUT2D eigenvalue weighted by molar-refractivity contribution is 6.67. The van der Waals surface area contributed by atoms with E-state index >= 15 is 0 Å². The molecule has 0 spiro atoms. The van der Waals surface area contributed by atoms with Gasteiger partial charge in [-0.1, -0.05) is 17.7 Å². The fourth-order valence-corrected chi connectivity index (χ4v) is 1.09. The van der Waals surface area contributed by atoms with E-state index in [4.69, 9.17) is 11.6 Å². The van der Waals surface area contributed by atoms with Crippen LogP contribution in [0.1, 0.15) is 5.56 Å². The van der Waals surface area contributed by atoms with Gasteiger partial charge in [-0.2, -0.15) is 13.2 Å². The van der Waals surface area contributed by atoms with Crippen molar-refractivity contribution in [3.63, 3.8) is 0 Å². The molecule has 8 heteroatoms. The van der Waals surface area contributed by atoms with Crippen molar-refractivity contribution in [3.05, 3.63) is 33.9 Å². The third kappa shape index (κ3) is 3.42. The Hall–Kier alpha value is -1.63. The van der Waals surface area contributed by atoms with Crippen LogP contribution in [0.5, 0.6) is 0 Å². The molecule has 0 fully saturated rings. The highest BCUT2D eigenvalue weighted by atomic mass is 35.5. The number of nitro benzene ring substituents is 1. The lowest BCUT2D eigenvalue weighted by Gasteiger charge is -2.04. The molecule has 0 amide bonds. The average Bonchev–Trinajstić information content (AvgIpc) is 2.19. The predicted molar refractivity (Wildman–Crippen MR) is 56.8 cm³/mol. The first-order valence-corrected chi connectivity index (χ1v) is 4.66. The van der Waals surface area contributed by atoms with E-state index in [0.717, 1.165) is 6.07 Å². The Balaban J connectivity index is 3.23. The van der Waals surface area contributed by atoms with E-state index < -0.39 is 16.3 Å². The molecule has 0 saturated carbocycles. The summed E-state index contributed by atoms with van der Waals surface area (Å²) in [6.45, 7) is 1.48. The standard InChI is InChI=1S/C9H6ClF3N2O2/c1-5-2-3-6(15(16)17)4-7(5)14-8(10)9(11,12)13/h2-4H,1H3. The molecule has 1 aromatic rings. The molecule has 0 radical (unpaired) electrons. The number of halogens is 4. The second kappa shape index (κ2) is 4.70. The van der Waals surface area contributed by atoms with Crippen LogP contribution in [-0.2, 0) is 0 Å². The van der Waals surface area contributed by atoms with Crippen molar-refractivity contribution in [1.29, 1.82) is 0 Å². The molecule has 0 unspecified atom stereocenters. The van der Waals surface area contributed by atoms with Gasteiger partial charge >= 0.3 is 6.18 Å². The normalized spacial score (nSPS) is 12.6. The summed E-state index contributed by atoms with van der Waals surface area (Å²) in [5.41, 5.74) is -0.166. The van der Waals surface area contributed by atoms with Crippen LogP contribution >= 0.6 is 11.6 Å². The zero-order valence-corrected chi connectivity index (χ0v) is 9.21. The monoisotopic (exact) mass is 266 g/mol. The summed E-state index contributed by atoms with van der Waals surface area (Å²) in [5, 5.41) is 8.88. The highest BCUT2D eigenvalue weighted by Gasteiger charge is 2.34. The number of nitrogens with zero attached hydrogens (tertiary/aromatic N) is 2. The van der Waals surface area contributed by atoms with Crippen molar-refractivity contribution in [2.45, 2.75) is 13.1 Å². The van der Waals surface area contributed by atoms with Crippen molar-refractivity contribution in [3.8, 4) is 0 Å². The highest BCUT2D eigenvalue weighted by Crippen LogP contribution is 2.28. The number of aryl methyl sites for hydroxylation is 1. The summed E-state index contributed by atoms with van der Waals surface area (Å²) in [6.07, 6.45) is -4.77. The summed E-state index contributed by atoms with van der Waals surface area (Å²) in [5.74, 6) is 0. The fraction of sp³-hybridized carbons (Fsp3) is 0.222. The molecule has 1 rings (SSSR count). The van der Waals surface area contributed by atoms with Crippen molar-refractivity contribution >= 4 is 28.1 Å². The van der Waals surface area contributed by atoms with Gasteiger partial charge in [0, 0.05) is 12.1 Å². The van der Waals surface area contributed by atoms with Gasteiger partial charge in [0.1, 0.15) is 0 Å². The Bertz CT molecular complexity index is 486. The molecule has 0 aliphatic rings. The molecule has 0 aliphatic heterocycles. The van der Waals surface area contributed by atoms with Gasteiger partial charge in [-0.25, -0.2) is 4.99 Å². The van der Waals surface area contributed by atoms with Gasteiger partial charge in [-0.05, 0) is 12.5 Å². The molecule has 92 valence electrons. The molecule has 4 nitrogen and oxygen atoms in total. The number of hydrogen-bond acceptors (Lipinski definition) is 3. The Morgan fingerprint density at radius 3 is 2.53 bits per heavy atom. The van der Waals surface area contributed by atoms with E-state index in [1.807, 2.05) is 0 Å². The summed E-state index contributed by atoms with van der Waals surface area (Å²) >= 11 is 4.95. The molecule has 0 bridgehead atoms. The summed E-state index contributed by atoms with van der Waals surface area (Å²) in [7, 11) is 0. The maximum atomic E-state index is 12.1. The first kappa shape index (κ1) is 13.4. The molecular formula is C9H6ClF3N2O2. The van der Waals surface area contributed by atoms with E-state index in [9.17, 15) is 23.3 Å². The second-order valence-corrected chi connectivity index (χ2v) is 3.49. The van der Waals surface area contributed by atoms with E-state index in [0.29, 0.717) is 5.56 Å². The third-order valence-corrected chi connectivity index (χ3v) is 2.15. The number of benzene rings is 1. The van der Waals surface area contributed by atoms with E-state index in [2.05, 4.69) is 4.99 Å². The lowest BCUT2D eigenvalue weighted by Crippen LogP contribution is -2.16. The molecule has 0 heterocycles. The average molecular weight is 267 g/mol. The quantitative estimate of drug-likeness (QED) is 0.465. The summed E-state index contributed by atoms with van der Waals surface area (Å²) < 4.78 is 36.4. The van der Waals surface area contributed by atoms with Crippen LogP contribution in [0.15, 0.2) is 23.2 Å².